The van der Waals surface area contributed by atoms with Gasteiger partial charge in [-0.15, -0.1) is 0 Å². The van der Waals surface area contributed by atoms with E-state index in [1.54, 1.807) is 18.2 Å². The molecule has 1 aliphatic carbocycles. The normalized spacial score (nSPS) is 15.6. The lowest BCUT2D eigenvalue weighted by Crippen LogP contribution is -2.13. The lowest BCUT2D eigenvalue weighted by atomic mass is 10.2. The van der Waals surface area contributed by atoms with Gasteiger partial charge in [0.2, 0.25) is 10.0 Å². The summed E-state index contributed by atoms with van der Waals surface area (Å²) in [5.74, 6) is 0.141. The average molecular weight is 266 g/mol. The van der Waals surface area contributed by atoms with Crippen LogP contribution in [0.3, 0.4) is 0 Å². The first kappa shape index (κ1) is 12.8. The molecule has 0 fully saturated rings. The van der Waals surface area contributed by atoms with Crippen LogP contribution in [0.15, 0.2) is 40.9 Å². The van der Waals surface area contributed by atoms with E-state index in [0.29, 0.717) is 13.0 Å². The van der Waals surface area contributed by atoms with Crippen LogP contribution in [0.5, 0.6) is 0 Å². The number of primary sulfonamides is 1. The highest BCUT2D eigenvalue weighted by molar-refractivity contribution is 7.89. The van der Waals surface area contributed by atoms with Gasteiger partial charge in [0.1, 0.15) is 0 Å². The molecule has 0 saturated carbocycles. The van der Waals surface area contributed by atoms with Crippen molar-refractivity contribution >= 4 is 15.8 Å². The van der Waals surface area contributed by atoms with Gasteiger partial charge in [-0.05, 0) is 24.1 Å². The van der Waals surface area contributed by atoms with Gasteiger partial charge in [-0.25, -0.2) is 13.6 Å². The summed E-state index contributed by atoms with van der Waals surface area (Å²) in [5.41, 5.74) is 1.86. The molecular weight excluding hydrogens is 252 g/mol. The van der Waals surface area contributed by atoms with Crippen molar-refractivity contribution in [2.45, 2.75) is 24.3 Å². The fourth-order valence-corrected chi connectivity index (χ4v) is 2.26. The minimum absolute atomic E-state index is 0.0986. The van der Waals surface area contributed by atoms with Crippen molar-refractivity contribution < 1.29 is 13.2 Å². The van der Waals surface area contributed by atoms with Gasteiger partial charge in [0.15, 0.2) is 5.78 Å². The van der Waals surface area contributed by atoms with Crippen LogP contribution in [0.25, 0.3) is 0 Å². The quantitative estimate of drug-likeness (QED) is 0.838. The zero-order valence-electron chi connectivity index (χ0n) is 9.72. The molecule has 5 nitrogen and oxygen atoms in total. The van der Waals surface area contributed by atoms with Crippen LogP contribution in [-0.4, -0.2) is 14.2 Å². The Bertz CT molecular complexity index is 588. The second kappa shape index (κ2) is 4.91. The molecule has 0 radical (unpaired) electrons. The fraction of sp³-hybridized carbons (Fsp3) is 0.250. The number of nitrogens with one attached hydrogen (secondary N) is 1. The highest BCUT2D eigenvalue weighted by Gasteiger charge is 2.11. The van der Waals surface area contributed by atoms with Crippen LogP contribution < -0.4 is 10.5 Å². The molecular formula is C12H14N2O3S. The molecule has 0 saturated heterocycles. The van der Waals surface area contributed by atoms with Crippen molar-refractivity contribution in [3.63, 3.8) is 0 Å². The van der Waals surface area contributed by atoms with E-state index in [4.69, 9.17) is 5.14 Å². The molecule has 0 bridgehead atoms. The second-order valence-corrected chi connectivity index (χ2v) is 5.74. The van der Waals surface area contributed by atoms with E-state index < -0.39 is 10.0 Å². The first-order chi connectivity index (χ1) is 8.45. The monoisotopic (exact) mass is 266 g/mol. The Balaban J connectivity index is 1.99. The highest BCUT2D eigenvalue weighted by Crippen LogP contribution is 2.13. The fourth-order valence-electron chi connectivity index (χ4n) is 1.75. The largest absolute Gasteiger partial charge is 0.384 e. The molecule has 6 heteroatoms. The number of carbonyl (C=O) groups is 1. The minimum Gasteiger partial charge on any atom is -0.384 e. The van der Waals surface area contributed by atoms with Crippen molar-refractivity contribution in [2.75, 3.05) is 0 Å². The third-order valence-corrected chi connectivity index (χ3v) is 3.68. The maximum Gasteiger partial charge on any atom is 0.238 e. The Kier molecular flexibility index (Phi) is 3.49. The second-order valence-electron chi connectivity index (χ2n) is 4.18. The molecule has 0 aromatic heterocycles. The molecule has 1 aromatic rings. The summed E-state index contributed by atoms with van der Waals surface area (Å²) in [6.07, 6.45) is 2.92. The number of sulfonamides is 1. The van der Waals surface area contributed by atoms with Gasteiger partial charge in [-0.1, -0.05) is 12.1 Å². The number of hydrogen-bond donors (Lipinski definition) is 2. The topological polar surface area (TPSA) is 89.3 Å². The van der Waals surface area contributed by atoms with E-state index >= 15 is 0 Å². The van der Waals surface area contributed by atoms with Crippen molar-refractivity contribution in [1.82, 2.24) is 5.32 Å². The smallest absolute Gasteiger partial charge is 0.238 e. The van der Waals surface area contributed by atoms with Crippen molar-refractivity contribution in [3.05, 3.63) is 41.6 Å². The van der Waals surface area contributed by atoms with E-state index in [0.717, 1.165) is 17.7 Å². The Morgan fingerprint density at radius 1 is 1.17 bits per heavy atom. The van der Waals surface area contributed by atoms with Crippen LogP contribution >= 0.6 is 0 Å². The zero-order chi connectivity index (χ0) is 13.2. The molecule has 96 valence electrons. The summed E-state index contributed by atoms with van der Waals surface area (Å²) in [7, 11) is -3.63. The van der Waals surface area contributed by atoms with Crippen molar-refractivity contribution in [2.24, 2.45) is 5.14 Å². The molecule has 3 N–H and O–H groups in total. The minimum atomic E-state index is -3.63. The molecule has 1 aliphatic rings. The first-order valence-corrected chi connectivity index (χ1v) is 7.09. The number of carbonyl (C=O) groups excluding carboxylic acids is 1. The van der Waals surface area contributed by atoms with E-state index in [1.807, 2.05) is 0 Å². The maximum atomic E-state index is 11.1. The zero-order valence-corrected chi connectivity index (χ0v) is 10.5. The van der Waals surface area contributed by atoms with Crippen molar-refractivity contribution in [1.29, 1.82) is 0 Å². The summed E-state index contributed by atoms with van der Waals surface area (Å²) in [4.78, 5) is 11.1. The van der Waals surface area contributed by atoms with Gasteiger partial charge in [0.25, 0.3) is 0 Å². The van der Waals surface area contributed by atoms with E-state index in [1.165, 1.54) is 12.1 Å². The molecule has 0 amide bonds. The van der Waals surface area contributed by atoms with E-state index in [2.05, 4.69) is 5.32 Å². The predicted molar refractivity (Wildman–Crippen MR) is 67.0 cm³/mol. The summed E-state index contributed by atoms with van der Waals surface area (Å²) in [6, 6.07) is 6.34. The van der Waals surface area contributed by atoms with Crippen LogP contribution in [0.1, 0.15) is 18.4 Å². The van der Waals surface area contributed by atoms with Gasteiger partial charge >= 0.3 is 0 Å². The van der Waals surface area contributed by atoms with Gasteiger partial charge < -0.3 is 5.32 Å². The Morgan fingerprint density at radius 3 is 2.33 bits per heavy atom. The molecule has 0 atom stereocenters. The molecule has 18 heavy (non-hydrogen) atoms. The third-order valence-electron chi connectivity index (χ3n) is 2.75. The molecule has 2 rings (SSSR count). The Morgan fingerprint density at radius 2 is 1.83 bits per heavy atom. The van der Waals surface area contributed by atoms with Crippen LogP contribution in [0, 0.1) is 0 Å². The number of hydrogen-bond acceptors (Lipinski definition) is 4. The standard InChI is InChI=1S/C12H14N2O3S/c13-18(16,17)12-5-1-9(2-6-12)8-14-10-3-4-11(15)7-10/h1-2,5-7,14H,3-4,8H2,(H2,13,16,17). The van der Waals surface area contributed by atoms with Gasteiger partial charge in [0, 0.05) is 24.7 Å². The highest BCUT2D eigenvalue weighted by atomic mass is 32.2. The SMILES string of the molecule is NS(=O)(=O)c1ccc(CNC2=CC(=O)CC2)cc1. The molecule has 1 aromatic carbocycles. The summed E-state index contributed by atoms with van der Waals surface area (Å²) in [6.45, 7) is 0.560. The molecule has 0 heterocycles. The molecule has 0 aliphatic heterocycles. The lowest BCUT2D eigenvalue weighted by Gasteiger charge is -2.07. The third kappa shape index (κ3) is 3.18. The van der Waals surface area contributed by atoms with Crippen LogP contribution in [-0.2, 0) is 21.4 Å². The lowest BCUT2D eigenvalue weighted by molar-refractivity contribution is -0.114. The average Bonchev–Trinajstić information content (AvgIpc) is 2.72. The number of nitrogens with two attached hydrogens (primary N) is 1. The van der Waals surface area contributed by atoms with E-state index in [-0.39, 0.29) is 10.7 Å². The Hall–Kier alpha value is -1.66. The summed E-state index contributed by atoms with van der Waals surface area (Å²) in [5, 5.41) is 8.15. The predicted octanol–water partition coefficient (Wildman–Crippen LogP) is 0.670. The number of benzene rings is 1. The first-order valence-electron chi connectivity index (χ1n) is 5.54. The van der Waals surface area contributed by atoms with Gasteiger partial charge in [-0.3, -0.25) is 4.79 Å². The number of allylic oxidation sites excluding steroid dienone is 2. The summed E-state index contributed by atoms with van der Waals surface area (Å²) < 4.78 is 22.1. The van der Waals surface area contributed by atoms with E-state index in [9.17, 15) is 13.2 Å². The van der Waals surface area contributed by atoms with Crippen molar-refractivity contribution in [3.8, 4) is 0 Å². The van der Waals surface area contributed by atoms with Crippen LogP contribution in [0.2, 0.25) is 0 Å². The molecule has 0 unspecified atom stereocenters. The maximum absolute atomic E-state index is 11.1. The summed E-state index contributed by atoms with van der Waals surface area (Å²) >= 11 is 0. The van der Waals surface area contributed by atoms with Gasteiger partial charge in [-0.2, -0.15) is 0 Å². The Labute approximate surface area is 106 Å². The number of ketones is 1. The van der Waals surface area contributed by atoms with Crippen LogP contribution in [0.4, 0.5) is 0 Å². The molecule has 0 spiro atoms. The van der Waals surface area contributed by atoms with Gasteiger partial charge in [0.05, 0.1) is 4.90 Å². The number of rotatable bonds is 4.